The minimum atomic E-state index is -0.837. The highest BCUT2D eigenvalue weighted by molar-refractivity contribution is 5.66. The third-order valence-electron chi connectivity index (χ3n) is 4.12. The Balaban J connectivity index is 2.95. The van der Waals surface area contributed by atoms with E-state index in [1.54, 1.807) is 13.8 Å². The van der Waals surface area contributed by atoms with Crippen LogP contribution in [0.4, 0.5) is 0 Å². The second kappa shape index (κ2) is 7.23. The molecule has 21 heavy (non-hydrogen) atoms. The average molecular weight is 296 g/mol. The summed E-state index contributed by atoms with van der Waals surface area (Å²) in [7, 11) is 0. The van der Waals surface area contributed by atoms with E-state index in [1.165, 1.54) is 6.92 Å². The topological polar surface area (TPSA) is 66.8 Å². The summed E-state index contributed by atoms with van der Waals surface area (Å²) in [5.41, 5.74) is 0.928. The third kappa shape index (κ3) is 6.02. The zero-order chi connectivity index (χ0) is 16.2. The second-order valence-corrected chi connectivity index (χ2v) is 6.66. The lowest BCUT2D eigenvalue weighted by Crippen LogP contribution is -2.35. The first-order chi connectivity index (χ1) is 9.59. The number of allylic oxidation sites excluding steroid dienone is 1. The van der Waals surface area contributed by atoms with Crippen LogP contribution in [0.3, 0.4) is 0 Å². The molecule has 0 heterocycles. The lowest BCUT2D eigenvalue weighted by atomic mass is 9.79. The Morgan fingerprint density at radius 3 is 2.62 bits per heavy atom. The van der Waals surface area contributed by atoms with E-state index in [9.17, 15) is 15.0 Å². The molecule has 0 spiro atoms. The molecule has 120 valence electrons. The number of aliphatic hydroxyl groups excluding tert-OH is 1. The lowest BCUT2D eigenvalue weighted by Gasteiger charge is -2.33. The minimum Gasteiger partial charge on any atom is -0.458 e. The number of carbonyl (C=O) groups is 1. The van der Waals surface area contributed by atoms with E-state index in [2.05, 4.69) is 6.58 Å². The highest BCUT2D eigenvalue weighted by Gasteiger charge is 2.30. The molecule has 0 fully saturated rings. The number of hydrogen-bond donors (Lipinski definition) is 2. The summed E-state index contributed by atoms with van der Waals surface area (Å²) in [5.74, 6) is -0.337. The van der Waals surface area contributed by atoms with Crippen molar-refractivity contribution in [2.24, 2.45) is 5.92 Å². The molecule has 0 aromatic carbocycles. The van der Waals surface area contributed by atoms with Gasteiger partial charge in [0, 0.05) is 13.3 Å². The van der Waals surface area contributed by atoms with E-state index in [1.807, 2.05) is 13.0 Å². The van der Waals surface area contributed by atoms with Gasteiger partial charge in [-0.25, -0.2) is 0 Å². The van der Waals surface area contributed by atoms with Gasteiger partial charge in [-0.3, -0.25) is 4.79 Å². The van der Waals surface area contributed by atoms with Gasteiger partial charge in [0.2, 0.25) is 0 Å². The molecular weight excluding hydrogens is 268 g/mol. The Morgan fingerprint density at radius 2 is 2.10 bits per heavy atom. The Labute approximate surface area is 127 Å². The Morgan fingerprint density at radius 1 is 1.48 bits per heavy atom. The highest BCUT2D eigenvalue weighted by Crippen LogP contribution is 2.31. The summed E-state index contributed by atoms with van der Waals surface area (Å²) >= 11 is 0. The van der Waals surface area contributed by atoms with Crippen molar-refractivity contribution in [3.8, 4) is 0 Å². The third-order valence-corrected chi connectivity index (χ3v) is 4.12. The molecule has 1 aliphatic carbocycles. The molecule has 0 unspecified atom stereocenters. The molecule has 1 rings (SSSR count). The van der Waals surface area contributed by atoms with Gasteiger partial charge in [-0.2, -0.15) is 0 Å². The predicted octanol–water partition coefficient (Wildman–Crippen LogP) is 2.74. The van der Waals surface area contributed by atoms with Gasteiger partial charge in [0.15, 0.2) is 0 Å². The van der Waals surface area contributed by atoms with Crippen LogP contribution in [0.15, 0.2) is 23.8 Å². The lowest BCUT2D eigenvalue weighted by molar-refractivity contribution is -0.144. The van der Waals surface area contributed by atoms with Crippen LogP contribution in [-0.2, 0) is 9.53 Å². The molecule has 1 aliphatic rings. The van der Waals surface area contributed by atoms with Gasteiger partial charge in [-0.15, -0.1) is 0 Å². The summed E-state index contributed by atoms with van der Waals surface area (Å²) in [5, 5.41) is 20.5. The number of aliphatic hydroxyl groups is 2. The van der Waals surface area contributed by atoms with E-state index in [0.717, 1.165) is 18.4 Å². The summed E-state index contributed by atoms with van der Waals surface area (Å²) < 4.78 is 5.27. The smallest absolute Gasteiger partial charge is 0.303 e. The van der Waals surface area contributed by atoms with E-state index in [0.29, 0.717) is 18.4 Å². The Hall–Kier alpha value is -1.13. The molecule has 4 nitrogen and oxygen atoms in total. The van der Waals surface area contributed by atoms with Crippen LogP contribution in [0.1, 0.15) is 53.4 Å². The molecule has 0 aromatic heterocycles. The summed E-state index contributed by atoms with van der Waals surface area (Å²) in [6.45, 7) is 10.9. The normalized spacial score (nSPS) is 31.2. The number of carbonyl (C=O) groups excluding carboxylic acids is 1. The van der Waals surface area contributed by atoms with Crippen LogP contribution in [0.25, 0.3) is 0 Å². The zero-order valence-corrected chi connectivity index (χ0v) is 13.6. The fourth-order valence-electron chi connectivity index (χ4n) is 2.74. The first-order valence-corrected chi connectivity index (χ1v) is 7.52. The molecular formula is C17H28O4. The summed E-state index contributed by atoms with van der Waals surface area (Å²) in [4.78, 5) is 11.2. The maximum absolute atomic E-state index is 11.2. The van der Waals surface area contributed by atoms with Crippen LogP contribution in [0.5, 0.6) is 0 Å². The van der Waals surface area contributed by atoms with Crippen LogP contribution < -0.4 is 0 Å². The van der Waals surface area contributed by atoms with E-state index >= 15 is 0 Å². The molecule has 0 saturated carbocycles. The van der Waals surface area contributed by atoms with Crippen molar-refractivity contribution >= 4 is 5.97 Å². The summed E-state index contributed by atoms with van der Waals surface area (Å²) in [6.07, 6.45) is 3.34. The predicted molar refractivity (Wildman–Crippen MR) is 82.7 cm³/mol. The maximum atomic E-state index is 11.2. The van der Waals surface area contributed by atoms with Crippen molar-refractivity contribution in [1.82, 2.24) is 0 Å². The largest absolute Gasteiger partial charge is 0.458 e. The Kier molecular flexibility index (Phi) is 6.17. The first-order valence-electron chi connectivity index (χ1n) is 7.52. The van der Waals surface area contributed by atoms with Crippen molar-refractivity contribution in [1.29, 1.82) is 0 Å². The van der Waals surface area contributed by atoms with E-state index in [-0.39, 0.29) is 18.0 Å². The maximum Gasteiger partial charge on any atom is 0.303 e. The van der Waals surface area contributed by atoms with Gasteiger partial charge >= 0.3 is 5.97 Å². The zero-order valence-electron chi connectivity index (χ0n) is 13.6. The van der Waals surface area contributed by atoms with Gasteiger partial charge in [0.1, 0.15) is 6.10 Å². The molecule has 0 aromatic rings. The van der Waals surface area contributed by atoms with Crippen molar-refractivity contribution in [2.75, 3.05) is 0 Å². The Bertz CT molecular complexity index is 417. The number of hydrogen-bond acceptors (Lipinski definition) is 4. The molecule has 2 N–H and O–H groups in total. The highest BCUT2D eigenvalue weighted by atomic mass is 16.5. The van der Waals surface area contributed by atoms with Crippen LogP contribution >= 0.6 is 0 Å². The molecule has 3 atom stereocenters. The van der Waals surface area contributed by atoms with Crippen molar-refractivity contribution in [3.05, 3.63) is 23.8 Å². The quantitative estimate of drug-likeness (QED) is 0.607. The van der Waals surface area contributed by atoms with Crippen LogP contribution in [0, 0.1) is 5.92 Å². The van der Waals surface area contributed by atoms with Crippen molar-refractivity contribution in [2.45, 2.75) is 71.2 Å². The van der Waals surface area contributed by atoms with Crippen LogP contribution in [0.2, 0.25) is 0 Å². The number of esters is 1. The molecule has 0 amide bonds. The fraction of sp³-hybridized carbons (Fsp3) is 0.706. The van der Waals surface area contributed by atoms with Crippen molar-refractivity contribution in [3.63, 3.8) is 0 Å². The monoisotopic (exact) mass is 296 g/mol. The number of rotatable bonds is 2. The fourth-order valence-corrected chi connectivity index (χ4v) is 2.74. The molecule has 0 radical (unpaired) electrons. The van der Waals surface area contributed by atoms with E-state index in [4.69, 9.17) is 4.74 Å². The minimum absolute atomic E-state index is 0.00197. The van der Waals surface area contributed by atoms with Gasteiger partial charge < -0.3 is 14.9 Å². The van der Waals surface area contributed by atoms with E-state index < -0.39 is 11.7 Å². The average Bonchev–Trinajstić information content (AvgIpc) is 2.30. The van der Waals surface area contributed by atoms with Gasteiger partial charge in [0.25, 0.3) is 0 Å². The standard InChI is InChI=1S/C17H28O4/c1-11-6-7-14(17(4,5)20)10-16(19)12(2)9-15(8-11)21-13(3)18/h8,14-16,19-20H,2,6-7,9-10H2,1,3-5H3/b11-8+/t14-,15+,16-/m1/s1. The first kappa shape index (κ1) is 17.9. The van der Waals surface area contributed by atoms with Gasteiger partial charge in [0.05, 0.1) is 11.7 Å². The molecule has 0 bridgehead atoms. The van der Waals surface area contributed by atoms with Crippen molar-refractivity contribution < 1.29 is 19.7 Å². The van der Waals surface area contributed by atoms with Gasteiger partial charge in [-0.1, -0.05) is 12.2 Å². The molecule has 0 aliphatic heterocycles. The molecule has 0 saturated heterocycles. The second-order valence-electron chi connectivity index (χ2n) is 6.66. The van der Waals surface area contributed by atoms with Gasteiger partial charge in [-0.05, 0) is 57.6 Å². The van der Waals surface area contributed by atoms with Crippen LogP contribution in [-0.4, -0.2) is 34.0 Å². The SMILES string of the molecule is C=C1C[C@@H](OC(C)=O)/C=C(\C)CC[C@@H](C(C)(C)O)C[C@H]1O. The molecule has 4 heteroatoms. The summed E-state index contributed by atoms with van der Waals surface area (Å²) in [6, 6.07) is 0. The number of ether oxygens (including phenoxy) is 1.